The molecule has 4 heterocycles. The first-order chi connectivity index (χ1) is 43.6. The number of benzene rings is 6. The highest BCUT2D eigenvalue weighted by atomic mass is 79.9. The van der Waals surface area contributed by atoms with Gasteiger partial charge >= 0.3 is 11.9 Å². The van der Waals surface area contributed by atoms with Crippen molar-refractivity contribution in [3.05, 3.63) is 203 Å². The van der Waals surface area contributed by atoms with E-state index >= 15 is 0 Å². The van der Waals surface area contributed by atoms with Crippen LogP contribution in [0, 0.1) is 11.6 Å². The normalized spacial score (nSPS) is 11.3. The summed E-state index contributed by atoms with van der Waals surface area (Å²) < 4.78 is 106. The Balaban J connectivity index is 0.000000216. The molecule has 0 fully saturated rings. The van der Waals surface area contributed by atoms with Gasteiger partial charge in [0.1, 0.15) is 109 Å². The van der Waals surface area contributed by atoms with Gasteiger partial charge in [0.15, 0.2) is 0 Å². The smallest absolute Gasteiger partial charge is 0.319 e. The number of hydrogen-bond acceptors (Lipinski definition) is 19. The molecule has 2 N–H and O–H groups in total. The number of unbranched alkanes of at least 4 members (excludes halogenated alkanes) is 1. The molecule has 0 spiro atoms. The van der Waals surface area contributed by atoms with Gasteiger partial charge in [0.05, 0.1) is 54.1 Å². The maximum absolute atomic E-state index is 13.5. The van der Waals surface area contributed by atoms with Crippen LogP contribution in [0.1, 0.15) is 35.5 Å². The Hall–Kier alpha value is -8.52. The monoisotopic (exact) mass is 1380 g/mol. The second kappa shape index (κ2) is 32.5. The molecule has 0 unspecified atom stereocenters. The number of ether oxygens (including phenoxy) is 4. The number of carbonyl (C=O) groups is 2. The molecule has 26 heteroatoms. The topological polar surface area (TPSA) is 244 Å². The number of hydrogen-bond donors (Lipinski definition) is 2. The summed E-state index contributed by atoms with van der Waals surface area (Å²) in [5.41, 5.74) is 5.87. The third kappa shape index (κ3) is 21.3. The van der Waals surface area contributed by atoms with E-state index in [1.54, 1.807) is 65.6 Å². The Labute approximate surface area is 543 Å². The molecule has 10 aromatic rings. The molecule has 0 saturated carbocycles. The van der Waals surface area contributed by atoms with Crippen LogP contribution >= 0.6 is 39.1 Å². The summed E-state index contributed by atoms with van der Waals surface area (Å²) >= 11 is 15.9. The van der Waals surface area contributed by atoms with Gasteiger partial charge in [0, 0.05) is 64.5 Å². The van der Waals surface area contributed by atoms with E-state index in [2.05, 4.69) is 51.2 Å². The maximum atomic E-state index is 13.5. The Bertz CT molecular complexity index is 4390. The number of methoxy groups -OCH3 is 2. The lowest BCUT2D eigenvalue weighted by atomic mass is 10.1. The van der Waals surface area contributed by atoms with Crippen LogP contribution in [0.5, 0.6) is 11.5 Å². The summed E-state index contributed by atoms with van der Waals surface area (Å²) in [6.07, 6.45) is 7.35. The molecule has 10 rings (SSSR count). The van der Waals surface area contributed by atoms with Crippen molar-refractivity contribution in [3.63, 3.8) is 0 Å². The first kappa shape index (κ1) is 68.4. The molecular weight excluding hydrogens is 1320 g/mol. The van der Waals surface area contributed by atoms with Crippen LogP contribution in [0.15, 0.2) is 167 Å². The summed E-state index contributed by atoms with van der Waals surface area (Å²) in [5.74, 6) is 3.43. The van der Waals surface area contributed by atoms with Crippen LogP contribution in [0.2, 0.25) is 10.0 Å². The van der Waals surface area contributed by atoms with Gasteiger partial charge in [-0.15, -0.1) is 0 Å². The quantitative estimate of drug-likeness (QED) is 0.0307. The number of carbonyl (C=O) groups excluding carboxylic acids is 2. The number of halogens is 5. The van der Waals surface area contributed by atoms with Crippen molar-refractivity contribution in [2.45, 2.75) is 39.0 Å². The lowest BCUT2D eigenvalue weighted by Crippen LogP contribution is -2.33. The predicted molar refractivity (Wildman–Crippen MR) is 351 cm³/mol. The van der Waals surface area contributed by atoms with Gasteiger partial charge in [-0.1, -0.05) is 63.4 Å². The van der Waals surface area contributed by atoms with E-state index in [9.17, 15) is 35.2 Å². The van der Waals surface area contributed by atoms with Crippen molar-refractivity contribution < 1.29 is 63.0 Å². The number of furan rings is 2. The summed E-state index contributed by atoms with van der Waals surface area (Å²) in [7, 11) is -3.55. The number of rotatable bonds is 25. The molecule has 19 nitrogen and oxygen atoms in total. The van der Waals surface area contributed by atoms with E-state index in [1.165, 1.54) is 57.4 Å². The number of sulfone groups is 2. The average molecular weight is 1390 g/mol. The minimum absolute atomic E-state index is 0.0749. The Kier molecular flexibility index (Phi) is 24.4. The zero-order valence-corrected chi connectivity index (χ0v) is 54.4. The molecule has 0 aliphatic rings. The molecule has 4 aromatic heterocycles. The number of aromatic nitrogens is 4. The van der Waals surface area contributed by atoms with Crippen molar-refractivity contribution in [1.29, 1.82) is 0 Å². The molecule has 91 heavy (non-hydrogen) atoms. The second-order valence-corrected chi connectivity index (χ2v) is 26.4. The Morgan fingerprint density at radius 2 is 1.08 bits per heavy atom. The van der Waals surface area contributed by atoms with Crippen LogP contribution in [0.3, 0.4) is 0 Å². The number of esters is 2. The first-order valence-corrected chi connectivity index (χ1v) is 33.9. The van der Waals surface area contributed by atoms with Crippen molar-refractivity contribution in [2.75, 3.05) is 67.3 Å². The van der Waals surface area contributed by atoms with Gasteiger partial charge < -0.3 is 38.4 Å². The summed E-state index contributed by atoms with van der Waals surface area (Å²) in [6, 6.07) is 41.8. The number of nitrogens with zero attached hydrogens (tertiary/aromatic N) is 5. The van der Waals surface area contributed by atoms with E-state index < -0.39 is 25.6 Å². The first-order valence-electron chi connectivity index (χ1n) is 27.9. The molecule has 0 atom stereocenters. The SMILES string of the molecule is COC(=O)CBr.COC(=O)CN(CCS(C)(=O)=O)Cc1ccc(-c2ccc3ncnc(Nc4ccc(OCc5cccc(F)c5)c(Cl)c4)c3c2)o1.CS(=O)(=O)CCCCc1ccc(-c2ccc3ncnc(Nc4ccc(OCc5cccc(F)c5)c(Cl)c4)c3c2)o1. The minimum Gasteiger partial charge on any atom is -0.487 e. The summed E-state index contributed by atoms with van der Waals surface area (Å²) in [5, 5.41) is 9.18. The molecule has 0 aliphatic heterocycles. The van der Waals surface area contributed by atoms with E-state index in [-0.39, 0.29) is 67.3 Å². The van der Waals surface area contributed by atoms with E-state index in [0.29, 0.717) is 91.3 Å². The standard InChI is InChI=1S/C32H30ClFN4O6S.C30H27ClFN3O4S.C3H5BrO2/c1-42-31(39)18-38(12-13-45(2,40)41)17-25-8-11-29(44-25)22-6-9-28-26(15-22)32(36-20-35-28)37-24-7-10-30(27(33)16-24)43-19-21-4-3-5-23(34)14-21;1-40(36,37)14-3-2-7-24-10-13-28(39-24)21-8-11-27-25(16-21)30(34-19-33-27)35-23-9-12-29(26(31)17-23)38-18-20-5-4-6-22(32)15-20;1-6-3(5)2-4/h3-11,14-16,20H,12-13,17-19H2,1-2H3,(H,35,36,37);4-6,8-13,15-17,19H,2-3,7,14,18H2,1H3,(H,33,34,35);2H2,1H3. The fourth-order valence-corrected chi connectivity index (χ4v) is 10.9. The zero-order valence-electron chi connectivity index (χ0n) is 49.6. The van der Waals surface area contributed by atoms with Gasteiger partial charge in [-0.25, -0.2) is 45.6 Å². The number of anilines is 4. The zero-order chi connectivity index (χ0) is 65.1. The maximum Gasteiger partial charge on any atom is 0.319 e. The third-order valence-electron chi connectivity index (χ3n) is 13.4. The van der Waals surface area contributed by atoms with E-state index in [1.807, 2.05) is 60.7 Å². The average Bonchev–Trinajstić information content (AvgIpc) is 1.74. The fourth-order valence-electron chi connectivity index (χ4n) is 8.84. The van der Waals surface area contributed by atoms with Crippen molar-refractivity contribution in [2.24, 2.45) is 0 Å². The third-order valence-corrected chi connectivity index (χ3v) is 16.4. The lowest BCUT2D eigenvalue weighted by molar-refractivity contribution is -0.142. The highest BCUT2D eigenvalue weighted by Gasteiger charge is 2.19. The van der Waals surface area contributed by atoms with Crippen LogP contribution < -0.4 is 20.1 Å². The van der Waals surface area contributed by atoms with Crippen molar-refractivity contribution in [3.8, 4) is 34.1 Å². The van der Waals surface area contributed by atoms with Crippen molar-refractivity contribution >= 4 is 116 Å². The Morgan fingerprint density at radius 1 is 0.582 bits per heavy atom. The number of nitrogens with one attached hydrogen (secondary N) is 2. The van der Waals surface area contributed by atoms with E-state index in [0.717, 1.165) is 45.9 Å². The number of aryl methyl sites for hydroxylation is 1. The van der Waals surface area contributed by atoms with Gasteiger partial charge in [-0.3, -0.25) is 14.5 Å². The van der Waals surface area contributed by atoms with Gasteiger partial charge in [0.25, 0.3) is 0 Å². The molecule has 0 bridgehead atoms. The largest absolute Gasteiger partial charge is 0.487 e. The highest BCUT2D eigenvalue weighted by Crippen LogP contribution is 2.36. The van der Waals surface area contributed by atoms with Crippen LogP contribution in [-0.2, 0) is 64.9 Å². The molecule has 0 saturated heterocycles. The summed E-state index contributed by atoms with van der Waals surface area (Å²) in [6.45, 7) is 0.655. The number of fused-ring (bicyclic) bond motifs is 2. The molecule has 0 amide bonds. The highest BCUT2D eigenvalue weighted by molar-refractivity contribution is 9.09. The molecular formula is C65H62BrCl2F2N7O12S2. The minimum atomic E-state index is -3.23. The lowest BCUT2D eigenvalue weighted by Gasteiger charge is -2.19. The van der Waals surface area contributed by atoms with Gasteiger partial charge in [-0.2, -0.15) is 0 Å². The molecule has 6 aromatic carbocycles. The van der Waals surface area contributed by atoms with E-state index in [4.69, 9.17) is 46.2 Å². The Morgan fingerprint density at radius 3 is 1.53 bits per heavy atom. The van der Waals surface area contributed by atoms with Crippen LogP contribution in [0.25, 0.3) is 44.5 Å². The molecule has 0 radical (unpaired) electrons. The second-order valence-electron chi connectivity index (χ2n) is 20.5. The van der Waals surface area contributed by atoms with Crippen LogP contribution in [-0.4, -0.2) is 110 Å². The van der Waals surface area contributed by atoms with Crippen molar-refractivity contribution in [1.82, 2.24) is 24.8 Å². The molecule has 476 valence electrons. The molecule has 0 aliphatic carbocycles. The fraction of sp³-hybridized carbons (Fsp3) is 0.231. The number of alkyl halides is 1. The van der Waals surface area contributed by atoms with Gasteiger partial charge in [0.2, 0.25) is 0 Å². The predicted octanol–water partition coefficient (Wildman–Crippen LogP) is 14.0. The van der Waals surface area contributed by atoms with Crippen LogP contribution in [0.4, 0.5) is 31.8 Å². The summed E-state index contributed by atoms with van der Waals surface area (Å²) in [4.78, 5) is 41.1. The van der Waals surface area contributed by atoms with Gasteiger partial charge in [-0.05, 0) is 145 Å².